The molecule has 0 saturated carbocycles. The lowest BCUT2D eigenvalue weighted by atomic mass is 9.98. The maximum atomic E-state index is 9.25. The lowest BCUT2D eigenvalue weighted by Crippen LogP contribution is -2.62. The summed E-state index contributed by atoms with van der Waals surface area (Å²) in [6.07, 6.45) is -20.8. The molecule has 0 aromatic heterocycles. The highest BCUT2D eigenvalue weighted by Crippen LogP contribution is 2.28. The predicted octanol–water partition coefficient (Wildman–Crippen LogP) is -12.2. The van der Waals surface area contributed by atoms with E-state index in [1.165, 1.54) is 0 Å². The minimum absolute atomic E-state index is 0.153. The zero-order chi connectivity index (χ0) is 35.7. The van der Waals surface area contributed by atoms with Crippen molar-refractivity contribution in [2.75, 3.05) is 39.6 Å². The average Bonchev–Trinajstić information content (AvgIpc) is 3.28. The molecule has 4 saturated heterocycles. The Balaban J connectivity index is 0.000000307. The van der Waals surface area contributed by atoms with Crippen LogP contribution < -0.4 is 0 Å². The van der Waals surface area contributed by atoms with Gasteiger partial charge in [0.2, 0.25) is 11.6 Å². The molecule has 19 N–H and O–H groups in total. The lowest BCUT2D eigenvalue weighted by molar-refractivity contribution is -0.331. The third-order valence-corrected chi connectivity index (χ3v) is 7.18. The smallest absolute Gasteiger partial charge is 0.219 e. The van der Waals surface area contributed by atoms with Gasteiger partial charge in [-0.2, -0.15) is 0 Å². The lowest BCUT2D eigenvalue weighted by Gasteiger charge is -2.40. The number of rotatable bonds is 4. The molecule has 0 bridgehead atoms. The van der Waals surface area contributed by atoms with Crippen molar-refractivity contribution in [2.24, 2.45) is 0 Å². The van der Waals surface area contributed by atoms with Crippen LogP contribution in [-0.2, 0) is 18.9 Å². The van der Waals surface area contributed by atoms with Gasteiger partial charge in [-0.15, -0.1) is 0 Å². The van der Waals surface area contributed by atoms with E-state index in [1.807, 2.05) is 0 Å². The SMILES string of the molecule is OC1OC[C@@H](O)[C@H](O)[C@H]1O.OCC1(O)OC[C@@H](O)[C@@H](O)[C@@H]1O.OC[C@H]1OC(O)(CO)[C@@H](O)[C@@H]1O.OC[C@H]1OC(O)[C@H](O)[C@@H](O)[C@@H]1O. The van der Waals surface area contributed by atoms with Crippen molar-refractivity contribution >= 4 is 0 Å². The van der Waals surface area contributed by atoms with Crippen LogP contribution in [-0.4, -0.2) is 240 Å². The second kappa shape index (κ2) is 18.7. The second-order valence-electron chi connectivity index (χ2n) is 10.6. The minimum Gasteiger partial charge on any atom is -0.394 e. The largest absolute Gasteiger partial charge is 0.394 e. The standard InChI is InChI=1S/3C6H12O6.C5H10O5/c7-2-6(11)5(10)4(9)3(8)1-12-6;7-1-3-4(9)5(10)6(11,2-8)12-3;7-1-2-3(8)4(9)5(10)6(11)12-2;6-2-1-10-5(9)4(8)3(2)7/h2*3-5,7-11H,1-2H2;2-11H,1H2;2-9H,1H2/t2*3-,4-,5+,6?;2-,3-,4+,5-,6?;2-,3+,4-,5?/m1111/s1. The van der Waals surface area contributed by atoms with Crippen LogP contribution in [0.25, 0.3) is 0 Å². The van der Waals surface area contributed by atoms with E-state index in [4.69, 9.17) is 86.8 Å². The molecule has 4 fully saturated rings. The maximum Gasteiger partial charge on any atom is 0.219 e. The highest BCUT2D eigenvalue weighted by atomic mass is 16.7. The Morgan fingerprint density at radius 3 is 1.39 bits per heavy atom. The van der Waals surface area contributed by atoms with Crippen LogP contribution in [0.4, 0.5) is 0 Å². The number of hydrogen-bond acceptors (Lipinski definition) is 23. The van der Waals surface area contributed by atoms with Crippen LogP contribution in [0.15, 0.2) is 0 Å². The molecular weight excluding hydrogens is 644 g/mol. The third kappa shape index (κ3) is 10.5. The number of ether oxygens (including phenoxy) is 4. The summed E-state index contributed by atoms with van der Waals surface area (Å²) in [5.41, 5.74) is 0. The van der Waals surface area contributed by atoms with Crippen LogP contribution in [0, 0.1) is 0 Å². The first-order valence-corrected chi connectivity index (χ1v) is 13.6. The Bertz CT molecular complexity index is 829. The van der Waals surface area contributed by atoms with Gasteiger partial charge < -0.3 is 116 Å². The first kappa shape index (κ1) is 43.1. The van der Waals surface area contributed by atoms with Crippen molar-refractivity contribution in [1.29, 1.82) is 0 Å². The van der Waals surface area contributed by atoms with Gasteiger partial charge in [0.15, 0.2) is 12.6 Å². The van der Waals surface area contributed by atoms with Crippen molar-refractivity contribution < 1.29 is 116 Å². The van der Waals surface area contributed by atoms with Gasteiger partial charge in [0.05, 0.1) is 39.6 Å². The number of aliphatic hydroxyl groups excluding tert-OH is 17. The molecule has 0 aromatic carbocycles. The first-order chi connectivity index (χ1) is 21.3. The molecule has 4 aliphatic rings. The van der Waals surface area contributed by atoms with Crippen LogP contribution in [0.1, 0.15) is 0 Å². The Labute approximate surface area is 259 Å². The Kier molecular flexibility index (Phi) is 17.6. The summed E-state index contributed by atoms with van der Waals surface area (Å²) in [7, 11) is 0. The monoisotopic (exact) mass is 690 g/mol. The topological polar surface area (TPSA) is 421 Å². The van der Waals surface area contributed by atoms with E-state index in [-0.39, 0.29) is 13.2 Å². The van der Waals surface area contributed by atoms with E-state index in [0.29, 0.717) is 0 Å². The Morgan fingerprint density at radius 1 is 0.478 bits per heavy atom. The second-order valence-corrected chi connectivity index (χ2v) is 10.6. The summed E-state index contributed by atoms with van der Waals surface area (Å²) in [5.74, 6) is -4.33. The molecular formula is C23H46O23. The Hall–Kier alpha value is -0.920. The molecule has 17 atom stereocenters. The zero-order valence-corrected chi connectivity index (χ0v) is 24.0. The van der Waals surface area contributed by atoms with Gasteiger partial charge in [-0.25, -0.2) is 0 Å². The summed E-state index contributed by atoms with van der Waals surface area (Å²) >= 11 is 0. The summed E-state index contributed by atoms with van der Waals surface area (Å²) in [4.78, 5) is 0. The fourth-order valence-electron chi connectivity index (χ4n) is 4.05. The minimum atomic E-state index is -2.17. The molecule has 23 nitrogen and oxygen atoms in total. The molecule has 4 aliphatic heterocycles. The van der Waals surface area contributed by atoms with Crippen molar-refractivity contribution in [3.8, 4) is 0 Å². The first-order valence-electron chi connectivity index (χ1n) is 13.6. The zero-order valence-electron chi connectivity index (χ0n) is 24.0. The predicted molar refractivity (Wildman–Crippen MR) is 138 cm³/mol. The number of aliphatic hydroxyl groups is 19. The quantitative estimate of drug-likeness (QED) is 0.130. The molecule has 0 spiro atoms. The van der Waals surface area contributed by atoms with Crippen molar-refractivity contribution in [2.45, 2.75) is 104 Å². The van der Waals surface area contributed by atoms with Crippen LogP contribution in [0.3, 0.4) is 0 Å². The fraction of sp³-hybridized carbons (Fsp3) is 1.00. The van der Waals surface area contributed by atoms with Gasteiger partial charge >= 0.3 is 0 Å². The number of hydrogen-bond donors (Lipinski definition) is 19. The van der Waals surface area contributed by atoms with Gasteiger partial charge in [0.25, 0.3) is 0 Å². The molecule has 0 radical (unpaired) electrons. The van der Waals surface area contributed by atoms with E-state index in [2.05, 4.69) is 18.9 Å². The third-order valence-electron chi connectivity index (χ3n) is 7.18. The highest BCUT2D eigenvalue weighted by molar-refractivity contribution is 4.95. The van der Waals surface area contributed by atoms with Gasteiger partial charge in [0, 0.05) is 0 Å². The van der Waals surface area contributed by atoms with E-state index >= 15 is 0 Å². The molecule has 276 valence electrons. The van der Waals surface area contributed by atoms with Crippen molar-refractivity contribution in [3.05, 3.63) is 0 Å². The van der Waals surface area contributed by atoms with Gasteiger partial charge in [-0.1, -0.05) is 0 Å². The summed E-state index contributed by atoms with van der Waals surface area (Å²) in [6, 6.07) is 0. The van der Waals surface area contributed by atoms with E-state index in [9.17, 15) is 10.2 Å². The molecule has 4 rings (SSSR count). The van der Waals surface area contributed by atoms with Gasteiger partial charge in [0.1, 0.15) is 79.4 Å². The van der Waals surface area contributed by atoms with E-state index in [1.54, 1.807) is 0 Å². The molecule has 0 aliphatic carbocycles. The van der Waals surface area contributed by atoms with E-state index < -0.39 is 130 Å². The summed E-state index contributed by atoms with van der Waals surface area (Å²) in [6.45, 7) is -3.20. The van der Waals surface area contributed by atoms with Crippen molar-refractivity contribution in [1.82, 2.24) is 0 Å². The molecule has 0 aromatic rings. The highest BCUT2D eigenvalue weighted by Gasteiger charge is 2.53. The van der Waals surface area contributed by atoms with Gasteiger partial charge in [-0.3, -0.25) is 0 Å². The molecule has 23 heteroatoms. The maximum absolute atomic E-state index is 9.25. The molecule has 4 unspecified atom stereocenters. The molecule has 46 heavy (non-hydrogen) atoms. The fourth-order valence-corrected chi connectivity index (χ4v) is 4.05. The van der Waals surface area contributed by atoms with E-state index in [0.717, 1.165) is 0 Å². The van der Waals surface area contributed by atoms with Crippen LogP contribution in [0.2, 0.25) is 0 Å². The van der Waals surface area contributed by atoms with Crippen LogP contribution in [0.5, 0.6) is 0 Å². The molecule has 0 amide bonds. The average molecular weight is 691 g/mol. The molecule has 4 heterocycles. The van der Waals surface area contributed by atoms with Gasteiger partial charge in [-0.05, 0) is 0 Å². The normalized spacial score (nSPS) is 49.0. The summed E-state index contributed by atoms with van der Waals surface area (Å²) in [5, 5.41) is 170. The van der Waals surface area contributed by atoms with Crippen molar-refractivity contribution in [3.63, 3.8) is 0 Å². The van der Waals surface area contributed by atoms with Crippen LogP contribution >= 0.6 is 0 Å². The Morgan fingerprint density at radius 2 is 0.957 bits per heavy atom. The summed E-state index contributed by atoms with van der Waals surface area (Å²) < 4.78 is 18.2.